The van der Waals surface area contributed by atoms with E-state index in [-0.39, 0.29) is 55.4 Å². The highest BCUT2D eigenvalue weighted by Gasteiger charge is 2.29. The van der Waals surface area contributed by atoms with Gasteiger partial charge in [-0.05, 0) is 37.0 Å². The molecule has 2 heterocycles. The van der Waals surface area contributed by atoms with E-state index in [2.05, 4.69) is 10.9 Å². The van der Waals surface area contributed by atoms with Crippen LogP contribution >= 0.6 is 0 Å². The summed E-state index contributed by atoms with van der Waals surface area (Å²) in [4.78, 5) is 38.2. The summed E-state index contributed by atoms with van der Waals surface area (Å²) in [6, 6.07) is 6.96. The quantitative estimate of drug-likeness (QED) is 0.658. The first-order valence-corrected chi connectivity index (χ1v) is 9.77. The van der Waals surface area contributed by atoms with Gasteiger partial charge in [-0.3, -0.25) is 30.1 Å². The largest absolute Gasteiger partial charge is 0.346 e. The van der Waals surface area contributed by atoms with Crippen molar-refractivity contribution in [3.05, 3.63) is 35.6 Å². The van der Waals surface area contributed by atoms with Crippen molar-refractivity contribution in [2.75, 3.05) is 20.1 Å². The Balaban J connectivity index is 1.34. The van der Waals surface area contributed by atoms with Crippen LogP contribution in [0.4, 0.5) is 4.39 Å². The number of benzene rings is 1. The average molecular weight is 390 g/mol. The molecule has 0 aliphatic carbocycles. The lowest BCUT2D eigenvalue weighted by molar-refractivity contribution is -0.139. The van der Waals surface area contributed by atoms with Crippen molar-refractivity contribution in [2.24, 2.45) is 0 Å². The van der Waals surface area contributed by atoms with Gasteiger partial charge in [0.05, 0.1) is 0 Å². The Hall–Kier alpha value is -2.32. The molecule has 8 heteroatoms. The van der Waals surface area contributed by atoms with E-state index in [4.69, 9.17) is 0 Å². The maximum absolute atomic E-state index is 13.0. The third-order valence-electron chi connectivity index (χ3n) is 5.43. The number of hydrogen-bond acceptors (Lipinski definition) is 5. The lowest BCUT2D eigenvalue weighted by Crippen LogP contribution is -2.36. The fourth-order valence-corrected chi connectivity index (χ4v) is 3.70. The summed E-state index contributed by atoms with van der Waals surface area (Å²) in [6.45, 7) is 0.800. The van der Waals surface area contributed by atoms with Gasteiger partial charge in [-0.2, -0.15) is 0 Å². The molecule has 0 spiro atoms. The van der Waals surface area contributed by atoms with E-state index < -0.39 is 0 Å². The van der Waals surface area contributed by atoms with Crippen molar-refractivity contribution in [1.82, 2.24) is 20.7 Å². The maximum atomic E-state index is 13.0. The summed E-state index contributed by atoms with van der Waals surface area (Å²) >= 11 is 0. The number of nitrogens with zero attached hydrogens (tertiary/aromatic N) is 2. The van der Waals surface area contributed by atoms with Crippen LogP contribution < -0.4 is 10.9 Å². The minimum absolute atomic E-state index is 0.0609. The molecule has 152 valence electrons. The number of carbonyl (C=O) groups excluding carboxylic acids is 3. The van der Waals surface area contributed by atoms with Crippen LogP contribution in [0.1, 0.15) is 50.1 Å². The highest BCUT2D eigenvalue weighted by atomic mass is 19.1. The molecule has 2 saturated heterocycles. The van der Waals surface area contributed by atoms with E-state index >= 15 is 0 Å². The topological polar surface area (TPSA) is 81.8 Å². The molecule has 2 fully saturated rings. The Bertz CT molecular complexity index is 709. The predicted molar refractivity (Wildman–Crippen MR) is 101 cm³/mol. The number of hydrazine groups is 1. The van der Waals surface area contributed by atoms with Gasteiger partial charge in [0.15, 0.2) is 0 Å². The van der Waals surface area contributed by atoms with Crippen LogP contribution in [0.2, 0.25) is 0 Å². The number of hydrogen-bond donors (Lipinski definition) is 2. The van der Waals surface area contributed by atoms with Crippen LogP contribution in [0, 0.1) is 5.82 Å². The van der Waals surface area contributed by atoms with Crippen LogP contribution in [0.3, 0.4) is 0 Å². The number of likely N-dealkylation sites (tertiary alicyclic amines) is 1. The monoisotopic (exact) mass is 390 g/mol. The lowest BCUT2D eigenvalue weighted by atomic mass is 9.99. The molecule has 28 heavy (non-hydrogen) atoms. The van der Waals surface area contributed by atoms with Gasteiger partial charge < -0.3 is 4.90 Å². The number of imide groups is 1. The van der Waals surface area contributed by atoms with Gasteiger partial charge in [0, 0.05) is 51.5 Å². The highest BCUT2D eigenvalue weighted by molar-refractivity contribution is 6.02. The van der Waals surface area contributed by atoms with E-state index in [0.29, 0.717) is 12.6 Å². The highest BCUT2D eigenvalue weighted by Crippen LogP contribution is 2.24. The fourth-order valence-electron chi connectivity index (χ4n) is 3.70. The molecule has 2 aliphatic rings. The second-order valence-electron chi connectivity index (χ2n) is 7.47. The van der Waals surface area contributed by atoms with Crippen molar-refractivity contribution in [2.45, 2.75) is 50.6 Å². The molecular formula is C20H27FN4O3. The fraction of sp³-hybridized carbons (Fsp3) is 0.550. The van der Waals surface area contributed by atoms with Gasteiger partial charge in [-0.25, -0.2) is 4.39 Å². The minimum Gasteiger partial charge on any atom is -0.346 e. The maximum Gasteiger partial charge on any atom is 0.229 e. The molecule has 7 nitrogen and oxygen atoms in total. The smallest absolute Gasteiger partial charge is 0.229 e. The number of halogens is 1. The Morgan fingerprint density at radius 2 is 1.86 bits per heavy atom. The zero-order valence-corrected chi connectivity index (χ0v) is 16.1. The third kappa shape index (κ3) is 5.14. The Kier molecular flexibility index (Phi) is 6.74. The molecule has 0 bridgehead atoms. The van der Waals surface area contributed by atoms with Crippen molar-refractivity contribution in [3.63, 3.8) is 0 Å². The number of nitrogens with one attached hydrogen (secondary N) is 2. The van der Waals surface area contributed by atoms with E-state index in [1.807, 2.05) is 0 Å². The molecule has 0 radical (unpaired) electrons. The predicted octanol–water partition coefficient (Wildman–Crippen LogP) is 1.51. The zero-order chi connectivity index (χ0) is 20.1. The summed E-state index contributed by atoms with van der Waals surface area (Å²) in [7, 11) is 1.75. The lowest BCUT2D eigenvalue weighted by Gasteiger charge is -2.20. The van der Waals surface area contributed by atoms with E-state index in [9.17, 15) is 18.8 Å². The molecule has 3 amide bonds. The van der Waals surface area contributed by atoms with E-state index in [1.165, 1.54) is 17.0 Å². The molecular weight excluding hydrogens is 363 g/mol. The van der Waals surface area contributed by atoms with Crippen LogP contribution in [0.5, 0.6) is 0 Å². The van der Waals surface area contributed by atoms with Crippen LogP contribution in [-0.4, -0.2) is 53.7 Å². The average Bonchev–Trinajstić information content (AvgIpc) is 3.27. The summed E-state index contributed by atoms with van der Waals surface area (Å²) < 4.78 is 13.0. The van der Waals surface area contributed by atoms with E-state index in [1.54, 1.807) is 24.1 Å². The van der Waals surface area contributed by atoms with E-state index in [0.717, 1.165) is 24.8 Å². The van der Waals surface area contributed by atoms with Gasteiger partial charge in [-0.1, -0.05) is 12.1 Å². The van der Waals surface area contributed by atoms with Crippen molar-refractivity contribution < 1.29 is 18.8 Å². The van der Waals surface area contributed by atoms with Crippen LogP contribution in [0.25, 0.3) is 0 Å². The van der Waals surface area contributed by atoms with Gasteiger partial charge in [0.2, 0.25) is 17.7 Å². The molecule has 2 unspecified atom stereocenters. The minimum atomic E-state index is -0.238. The molecule has 1 aromatic carbocycles. The standard InChI is InChI=1S/C20H27FN4O3/c1-24(18(26)10-12-25-19(27)8-9-20(25)28)11-2-3-16-13-17(23-22-16)14-4-6-15(21)7-5-14/h4-7,16-17,22-23H,2-3,8-13H2,1H3. The van der Waals surface area contributed by atoms with Crippen molar-refractivity contribution in [3.8, 4) is 0 Å². The first kappa shape index (κ1) is 20.4. The van der Waals surface area contributed by atoms with Gasteiger partial charge >= 0.3 is 0 Å². The van der Waals surface area contributed by atoms with Crippen LogP contribution in [0.15, 0.2) is 24.3 Å². The number of amides is 3. The molecule has 2 aliphatic heterocycles. The summed E-state index contributed by atoms with van der Waals surface area (Å²) in [5.74, 6) is -0.668. The summed E-state index contributed by atoms with van der Waals surface area (Å²) in [5, 5.41) is 0. The van der Waals surface area contributed by atoms with Gasteiger partial charge in [0.1, 0.15) is 5.82 Å². The SMILES string of the molecule is CN(CCCC1CC(c2ccc(F)cc2)NN1)C(=O)CCN1C(=O)CCC1=O. The van der Waals surface area contributed by atoms with Gasteiger partial charge in [0.25, 0.3) is 0 Å². The first-order valence-electron chi connectivity index (χ1n) is 9.77. The van der Waals surface area contributed by atoms with Crippen molar-refractivity contribution >= 4 is 17.7 Å². The molecule has 1 aromatic rings. The van der Waals surface area contributed by atoms with Crippen LogP contribution in [-0.2, 0) is 14.4 Å². The van der Waals surface area contributed by atoms with Crippen molar-refractivity contribution in [1.29, 1.82) is 0 Å². The second-order valence-corrected chi connectivity index (χ2v) is 7.47. The molecule has 3 rings (SSSR count). The Morgan fingerprint density at radius 1 is 1.18 bits per heavy atom. The molecule has 0 aromatic heterocycles. The second kappa shape index (κ2) is 9.25. The molecule has 2 atom stereocenters. The molecule has 0 saturated carbocycles. The Morgan fingerprint density at radius 3 is 2.54 bits per heavy atom. The first-order chi connectivity index (χ1) is 13.4. The molecule has 2 N–H and O–H groups in total. The number of carbonyl (C=O) groups is 3. The Labute approximate surface area is 164 Å². The number of rotatable bonds is 8. The zero-order valence-electron chi connectivity index (χ0n) is 16.1. The summed E-state index contributed by atoms with van der Waals surface area (Å²) in [6.07, 6.45) is 3.34. The normalized spacial score (nSPS) is 22.1. The summed E-state index contributed by atoms with van der Waals surface area (Å²) in [5.41, 5.74) is 7.56. The van der Waals surface area contributed by atoms with Gasteiger partial charge in [-0.15, -0.1) is 0 Å². The third-order valence-corrected chi connectivity index (χ3v) is 5.43.